The van der Waals surface area contributed by atoms with Crippen LogP contribution in [0, 0.1) is 0 Å². The highest BCUT2D eigenvalue weighted by Gasteiger charge is 2.13. The van der Waals surface area contributed by atoms with Crippen molar-refractivity contribution in [1.82, 2.24) is 20.1 Å². The normalized spacial score (nSPS) is 12.6. The molecule has 0 aliphatic carbocycles. The van der Waals surface area contributed by atoms with Crippen LogP contribution in [-0.2, 0) is 13.5 Å². The van der Waals surface area contributed by atoms with E-state index in [1.165, 1.54) is 5.56 Å². The first-order valence-corrected chi connectivity index (χ1v) is 7.30. The lowest BCUT2D eigenvalue weighted by atomic mass is 10.0. The monoisotopic (exact) mass is 322 g/mol. The zero-order chi connectivity index (χ0) is 13.7. The molecule has 102 valence electrons. The van der Waals surface area contributed by atoms with E-state index >= 15 is 0 Å². The van der Waals surface area contributed by atoms with Crippen molar-refractivity contribution in [2.45, 2.75) is 25.8 Å². The van der Waals surface area contributed by atoms with Gasteiger partial charge >= 0.3 is 0 Å². The molecule has 2 heterocycles. The van der Waals surface area contributed by atoms with Crippen LogP contribution in [0.5, 0.6) is 0 Å². The Labute approximate surface area is 122 Å². The fraction of sp³-hybridized carbons (Fsp3) is 0.429. The van der Waals surface area contributed by atoms with Crippen molar-refractivity contribution < 1.29 is 0 Å². The minimum absolute atomic E-state index is 0.250. The molecule has 0 aliphatic rings. The molecule has 0 aliphatic heterocycles. The van der Waals surface area contributed by atoms with E-state index in [1.807, 2.05) is 24.1 Å². The van der Waals surface area contributed by atoms with Gasteiger partial charge in [0, 0.05) is 42.6 Å². The highest BCUT2D eigenvalue weighted by molar-refractivity contribution is 9.10. The molecule has 0 saturated carbocycles. The smallest absolute Gasteiger partial charge is 0.0643 e. The maximum atomic E-state index is 4.45. The number of rotatable bonds is 6. The van der Waals surface area contributed by atoms with Crippen LogP contribution in [0.15, 0.2) is 35.2 Å². The van der Waals surface area contributed by atoms with Gasteiger partial charge in [0.15, 0.2) is 0 Å². The lowest BCUT2D eigenvalue weighted by molar-refractivity contribution is 0.519. The second-order valence-electron chi connectivity index (χ2n) is 4.63. The molecule has 1 unspecified atom stereocenters. The van der Waals surface area contributed by atoms with Crippen LogP contribution in [0.3, 0.4) is 0 Å². The summed E-state index contributed by atoms with van der Waals surface area (Å²) in [5, 5.41) is 8.01. The maximum Gasteiger partial charge on any atom is 0.0643 e. The van der Waals surface area contributed by atoms with Gasteiger partial charge in [-0.2, -0.15) is 5.10 Å². The Kier molecular flexibility index (Phi) is 5.10. The van der Waals surface area contributed by atoms with Gasteiger partial charge in [0.1, 0.15) is 0 Å². The first kappa shape index (κ1) is 14.2. The molecule has 2 rings (SSSR count). The largest absolute Gasteiger partial charge is 0.310 e. The van der Waals surface area contributed by atoms with Crippen LogP contribution in [0.4, 0.5) is 0 Å². The third-order valence-electron chi connectivity index (χ3n) is 2.95. The highest BCUT2D eigenvalue weighted by atomic mass is 79.9. The Balaban J connectivity index is 2.15. The molecule has 19 heavy (non-hydrogen) atoms. The quantitative estimate of drug-likeness (QED) is 0.889. The van der Waals surface area contributed by atoms with Crippen molar-refractivity contribution in [1.29, 1.82) is 0 Å². The topological polar surface area (TPSA) is 42.7 Å². The Morgan fingerprint density at radius 1 is 1.42 bits per heavy atom. The van der Waals surface area contributed by atoms with Crippen LogP contribution in [-0.4, -0.2) is 21.3 Å². The minimum atomic E-state index is 0.250. The molecule has 0 radical (unpaired) electrons. The summed E-state index contributed by atoms with van der Waals surface area (Å²) in [6, 6.07) is 4.43. The predicted molar refractivity (Wildman–Crippen MR) is 79.9 cm³/mol. The number of aryl methyl sites for hydroxylation is 1. The molecule has 1 atom stereocenters. The molecule has 0 amide bonds. The van der Waals surface area contributed by atoms with Crippen LogP contribution in [0.1, 0.15) is 30.6 Å². The molecule has 4 nitrogen and oxygen atoms in total. The molecule has 5 heteroatoms. The number of nitrogens with one attached hydrogen (secondary N) is 1. The lowest BCUT2D eigenvalue weighted by Crippen LogP contribution is -2.24. The number of nitrogens with zero attached hydrogens (tertiary/aromatic N) is 3. The van der Waals surface area contributed by atoms with Gasteiger partial charge < -0.3 is 5.32 Å². The lowest BCUT2D eigenvalue weighted by Gasteiger charge is -2.18. The van der Waals surface area contributed by atoms with Crippen molar-refractivity contribution in [2.24, 2.45) is 7.05 Å². The van der Waals surface area contributed by atoms with Gasteiger partial charge in [-0.05, 0) is 46.6 Å². The molecule has 0 bridgehead atoms. The van der Waals surface area contributed by atoms with E-state index in [0.29, 0.717) is 0 Å². The second-order valence-corrected chi connectivity index (χ2v) is 5.54. The zero-order valence-corrected chi connectivity index (χ0v) is 12.9. The molecule has 0 spiro atoms. The number of halogens is 1. The third kappa shape index (κ3) is 4.14. The van der Waals surface area contributed by atoms with Gasteiger partial charge in [-0.15, -0.1) is 0 Å². The van der Waals surface area contributed by atoms with Gasteiger partial charge in [0.2, 0.25) is 0 Å². The highest BCUT2D eigenvalue weighted by Crippen LogP contribution is 2.20. The zero-order valence-electron chi connectivity index (χ0n) is 11.3. The fourth-order valence-electron chi connectivity index (χ4n) is 2.03. The first-order valence-electron chi connectivity index (χ1n) is 6.51. The summed E-state index contributed by atoms with van der Waals surface area (Å²) in [6.45, 7) is 3.16. The van der Waals surface area contributed by atoms with Crippen LogP contribution in [0.25, 0.3) is 0 Å². The summed E-state index contributed by atoms with van der Waals surface area (Å²) < 4.78 is 2.85. The summed E-state index contributed by atoms with van der Waals surface area (Å²) in [7, 11) is 1.94. The summed E-state index contributed by atoms with van der Waals surface area (Å²) >= 11 is 3.48. The molecule has 0 fully saturated rings. The van der Waals surface area contributed by atoms with Gasteiger partial charge in [-0.3, -0.25) is 9.67 Å². The summed E-state index contributed by atoms with van der Waals surface area (Å²) in [4.78, 5) is 4.25. The second kappa shape index (κ2) is 6.82. The van der Waals surface area contributed by atoms with Crippen molar-refractivity contribution in [2.75, 3.05) is 6.54 Å². The average Bonchev–Trinajstić information content (AvgIpc) is 2.80. The minimum Gasteiger partial charge on any atom is -0.310 e. The standard InChI is InChI=1S/C14H19BrN4/c1-3-5-17-14(8-13-4-6-19(2)18-13)11-7-12(15)10-16-9-11/h4,6-7,9-10,14,17H,3,5,8H2,1-2H3. The number of aromatic nitrogens is 3. The van der Waals surface area contributed by atoms with E-state index in [-0.39, 0.29) is 6.04 Å². The van der Waals surface area contributed by atoms with Crippen LogP contribution in [0.2, 0.25) is 0 Å². The molecule has 0 aromatic carbocycles. The van der Waals surface area contributed by atoms with Gasteiger partial charge in [0.25, 0.3) is 0 Å². The Bertz CT molecular complexity index is 524. The van der Waals surface area contributed by atoms with Crippen molar-refractivity contribution in [3.05, 3.63) is 46.5 Å². The molecular formula is C14H19BrN4. The van der Waals surface area contributed by atoms with Crippen LogP contribution >= 0.6 is 15.9 Å². The summed E-state index contributed by atoms with van der Waals surface area (Å²) in [5.74, 6) is 0. The average molecular weight is 323 g/mol. The van der Waals surface area contributed by atoms with E-state index in [9.17, 15) is 0 Å². The van der Waals surface area contributed by atoms with E-state index in [0.717, 1.165) is 29.6 Å². The maximum absolute atomic E-state index is 4.45. The fourth-order valence-corrected chi connectivity index (χ4v) is 2.41. The molecule has 1 N–H and O–H groups in total. The van der Waals surface area contributed by atoms with Gasteiger partial charge in [-0.1, -0.05) is 6.92 Å². The Hall–Kier alpha value is -1.20. The number of hydrogen-bond acceptors (Lipinski definition) is 3. The first-order chi connectivity index (χ1) is 9.19. The molecule has 2 aromatic rings. The van der Waals surface area contributed by atoms with Crippen molar-refractivity contribution >= 4 is 15.9 Å². The SMILES string of the molecule is CCCNC(Cc1ccn(C)n1)c1cncc(Br)c1. The van der Waals surface area contributed by atoms with Gasteiger partial charge in [0.05, 0.1) is 5.69 Å². The van der Waals surface area contributed by atoms with Crippen LogP contribution < -0.4 is 5.32 Å². The predicted octanol–water partition coefficient (Wildman–Crippen LogP) is 2.86. The van der Waals surface area contributed by atoms with E-state index in [2.05, 4.69) is 50.4 Å². The number of pyridine rings is 1. The van der Waals surface area contributed by atoms with Crippen molar-refractivity contribution in [3.8, 4) is 0 Å². The van der Waals surface area contributed by atoms with Crippen molar-refractivity contribution in [3.63, 3.8) is 0 Å². The summed E-state index contributed by atoms with van der Waals surface area (Å²) in [5.41, 5.74) is 2.28. The van der Waals surface area contributed by atoms with Gasteiger partial charge in [-0.25, -0.2) is 0 Å². The summed E-state index contributed by atoms with van der Waals surface area (Å²) in [6.07, 6.45) is 7.69. The Morgan fingerprint density at radius 2 is 2.26 bits per heavy atom. The molecule has 2 aromatic heterocycles. The third-order valence-corrected chi connectivity index (χ3v) is 3.38. The Morgan fingerprint density at radius 3 is 2.89 bits per heavy atom. The molecule has 0 saturated heterocycles. The molecular weight excluding hydrogens is 304 g/mol. The van der Waals surface area contributed by atoms with E-state index in [4.69, 9.17) is 0 Å². The number of hydrogen-bond donors (Lipinski definition) is 1. The van der Waals surface area contributed by atoms with E-state index in [1.54, 1.807) is 6.20 Å². The van der Waals surface area contributed by atoms with E-state index < -0.39 is 0 Å².